The van der Waals surface area contributed by atoms with Crippen molar-refractivity contribution in [2.24, 2.45) is 0 Å². The Morgan fingerprint density at radius 3 is 2.11 bits per heavy atom. The van der Waals surface area contributed by atoms with E-state index in [0.29, 0.717) is 27.9 Å². The second-order valence-electron chi connectivity index (χ2n) is 13.2. The predicted octanol–water partition coefficient (Wildman–Crippen LogP) is 5.30. The fraction of sp³-hybridized carbons (Fsp3) is 0.343. The summed E-state index contributed by atoms with van der Waals surface area (Å²) in [5.74, 6) is -1.81. The molecule has 0 spiro atoms. The number of hydrogen-bond acceptors (Lipinski definition) is 5. The van der Waals surface area contributed by atoms with Crippen molar-refractivity contribution in [3.05, 3.63) is 94.0 Å². The molecule has 0 radical (unpaired) electrons. The van der Waals surface area contributed by atoms with Crippen LogP contribution in [-0.2, 0) is 27.0 Å². The Labute approximate surface area is 256 Å². The number of anilines is 2. The van der Waals surface area contributed by atoms with Crippen LogP contribution in [0.25, 0.3) is 0 Å². The Morgan fingerprint density at radius 1 is 0.818 bits per heavy atom. The maximum Gasteiger partial charge on any atom is 0.255 e. The Kier molecular flexibility index (Phi) is 7.14. The number of hydrogen-bond donors (Lipinski definition) is 3. The van der Waals surface area contributed by atoms with Gasteiger partial charge in [0.2, 0.25) is 11.8 Å². The van der Waals surface area contributed by atoms with Crippen molar-refractivity contribution < 1.29 is 24.0 Å². The van der Waals surface area contributed by atoms with E-state index < -0.39 is 17.9 Å². The minimum atomic E-state index is -0.741. The van der Waals surface area contributed by atoms with Gasteiger partial charge in [0.05, 0.1) is 0 Å². The molecule has 2 aliphatic heterocycles. The Hall–Kier alpha value is -4.79. The summed E-state index contributed by atoms with van der Waals surface area (Å²) in [4.78, 5) is 64.8. The van der Waals surface area contributed by atoms with Crippen molar-refractivity contribution in [2.45, 2.75) is 76.8 Å². The molecule has 3 aromatic rings. The molecule has 1 saturated heterocycles. The summed E-state index contributed by atoms with van der Waals surface area (Å²) in [5.41, 5.74) is 5.69. The average Bonchev–Trinajstić information content (AvgIpc) is 3.32. The molecule has 9 nitrogen and oxygen atoms in total. The van der Waals surface area contributed by atoms with Gasteiger partial charge in [0.25, 0.3) is 17.7 Å². The van der Waals surface area contributed by atoms with Gasteiger partial charge in [-0.3, -0.25) is 29.3 Å². The fourth-order valence-corrected chi connectivity index (χ4v) is 6.54. The number of rotatable bonds is 5. The molecule has 1 aliphatic carbocycles. The highest BCUT2D eigenvalue weighted by atomic mass is 16.2. The molecule has 0 saturated carbocycles. The summed E-state index contributed by atoms with van der Waals surface area (Å²) in [6, 6.07) is 16.9. The van der Waals surface area contributed by atoms with E-state index in [0.717, 1.165) is 18.5 Å². The van der Waals surface area contributed by atoms with E-state index >= 15 is 0 Å². The summed E-state index contributed by atoms with van der Waals surface area (Å²) >= 11 is 0. The van der Waals surface area contributed by atoms with Crippen LogP contribution in [0.3, 0.4) is 0 Å². The second-order valence-corrected chi connectivity index (χ2v) is 13.2. The molecule has 1 atom stereocenters. The molecule has 3 aliphatic rings. The summed E-state index contributed by atoms with van der Waals surface area (Å²) < 4.78 is 0. The van der Waals surface area contributed by atoms with Crippen LogP contribution in [0.15, 0.2) is 60.7 Å². The smallest absolute Gasteiger partial charge is 0.255 e. The standard InChI is InChI=1S/C35H36N4O5/c1-34(2)16-17-35(3,4)26-18-22(12-13-25(26)34)36-30(41)20-8-10-21(11-9-20)31(42)37-27-7-5-6-23-24(27)19-39(33(23)44)28-14-15-29(40)38-32(28)43/h5-13,18,28H,14-17,19H2,1-4H3,(H,36,41)(H,37,42)(H,38,40,43). The molecule has 2 heterocycles. The van der Waals surface area contributed by atoms with Crippen molar-refractivity contribution >= 4 is 40.9 Å². The van der Waals surface area contributed by atoms with Crippen molar-refractivity contribution in [2.75, 3.05) is 10.6 Å². The minimum absolute atomic E-state index is 0.0238. The fourth-order valence-electron chi connectivity index (χ4n) is 6.54. The summed E-state index contributed by atoms with van der Waals surface area (Å²) in [6.45, 7) is 9.15. The molecule has 226 valence electrons. The normalized spacial score (nSPS) is 20.0. The zero-order valence-electron chi connectivity index (χ0n) is 25.4. The molecular formula is C35H36N4O5. The van der Waals surface area contributed by atoms with Crippen molar-refractivity contribution in [3.8, 4) is 0 Å². The summed E-state index contributed by atoms with van der Waals surface area (Å²) in [5, 5.41) is 8.18. The van der Waals surface area contributed by atoms with Gasteiger partial charge in [-0.1, -0.05) is 39.8 Å². The van der Waals surface area contributed by atoms with E-state index in [1.54, 1.807) is 42.5 Å². The van der Waals surface area contributed by atoms with Crippen molar-refractivity contribution in [1.82, 2.24) is 10.2 Å². The molecule has 44 heavy (non-hydrogen) atoms. The van der Waals surface area contributed by atoms with Gasteiger partial charge in [0.15, 0.2) is 0 Å². The Morgan fingerprint density at radius 2 is 1.45 bits per heavy atom. The molecule has 6 rings (SSSR count). The number of imide groups is 1. The monoisotopic (exact) mass is 592 g/mol. The first-order valence-corrected chi connectivity index (χ1v) is 15.0. The van der Waals surface area contributed by atoms with Crippen molar-refractivity contribution in [3.63, 3.8) is 0 Å². The lowest BCUT2D eigenvalue weighted by molar-refractivity contribution is -0.136. The Balaban J connectivity index is 1.14. The Bertz CT molecular complexity index is 1720. The third-order valence-corrected chi connectivity index (χ3v) is 9.35. The van der Waals surface area contributed by atoms with Crippen LogP contribution in [0.4, 0.5) is 11.4 Å². The molecule has 0 bridgehead atoms. The van der Waals surface area contributed by atoms with Crippen LogP contribution in [0.5, 0.6) is 0 Å². The number of piperidine rings is 1. The summed E-state index contributed by atoms with van der Waals surface area (Å²) in [6.07, 6.45) is 2.62. The van der Waals surface area contributed by atoms with Gasteiger partial charge in [0.1, 0.15) is 6.04 Å². The van der Waals surface area contributed by atoms with E-state index in [9.17, 15) is 24.0 Å². The number of fused-ring (bicyclic) bond motifs is 2. The maximum absolute atomic E-state index is 13.2. The number of nitrogens with zero attached hydrogens (tertiary/aromatic N) is 1. The van der Waals surface area contributed by atoms with Crippen LogP contribution in [0, 0.1) is 0 Å². The highest BCUT2D eigenvalue weighted by molar-refractivity contribution is 6.10. The molecule has 5 amide bonds. The van der Waals surface area contributed by atoms with Crippen molar-refractivity contribution in [1.29, 1.82) is 0 Å². The SMILES string of the molecule is CC1(C)CCC(C)(C)c2cc(NC(=O)c3ccc(C(=O)Nc4cccc5c4CN(C4CCC(=O)NC4=O)C5=O)cc3)ccc21. The van der Waals surface area contributed by atoms with Crippen LogP contribution in [0.1, 0.15) is 101 Å². The van der Waals surface area contributed by atoms with E-state index in [1.165, 1.54) is 16.0 Å². The predicted molar refractivity (Wildman–Crippen MR) is 167 cm³/mol. The van der Waals surface area contributed by atoms with E-state index in [1.807, 2.05) is 6.07 Å². The van der Waals surface area contributed by atoms with E-state index in [4.69, 9.17) is 0 Å². The van der Waals surface area contributed by atoms with Gasteiger partial charge in [-0.05, 0) is 89.8 Å². The molecule has 3 N–H and O–H groups in total. The largest absolute Gasteiger partial charge is 0.322 e. The van der Waals surface area contributed by atoms with Gasteiger partial charge in [-0.15, -0.1) is 0 Å². The highest BCUT2D eigenvalue weighted by Gasteiger charge is 2.40. The quantitative estimate of drug-likeness (QED) is 0.347. The first-order valence-electron chi connectivity index (χ1n) is 15.0. The van der Waals surface area contributed by atoms with Crippen LogP contribution in [-0.4, -0.2) is 40.5 Å². The summed E-state index contributed by atoms with van der Waals surface area (Å²) in [7, 11) is 0. The third kappa shape index (κ3) is 5.27. The van der Waals surface area contributed by atoms with Gasteiger partial charge in [-0.2, -0.15) is 0 Å². The molecule has 0 aromatic heterocycles. The number of nitrogens with one attached hydrogen (secondary N) is 3. The van der Waals surface area contributed by atoms with Gasteiger partial charge >= 0.3 is 0 Å². The lowest BCUT2D eigenvalue weighted by Gasteiger charge is -2.42. The molecule has 3 aromatic carbocycles. The highest BCUT2D eigenvalue weighted by Crippen LogP contribution is 2.46. The van der Waals surface area contributed by atoms with Gasteiger partial charge in [-0.25, -0.2) is 0 Å². The molecular weight excluding hydrogens is 556 g/mol. The number of carbonyl (C=O) groups excluding carboxylic acids is 5. The molecule has 1 unspecified atom stereocenters. The second kappa shape index (κ2) is 10.7. The van der Waals surface area contributed by atoms with Gasteiger partial charge < -0.3 is 15.5 Å². The number of amides is 5. The van der Waals surface area contributed by atoms with Crippen LogP contribution >= 0.6 is 0 Å². The van der Waals surface area contributed by atoms with E-state index in [-0.39, 0.29) is 47.9 Å². The zero-order chi connectivity index (χ0) is 31.4. The minimum Gasteiger partial charge on any atom is -0.322 e. The maximum atomic E-state index is 13.2. The lowest BCUT2D eigenvalue weighted by Crippen LogP contribution is -2.52. The van der Waals surface area contributed by atoms with E-state index in [2.05, 4.69) is 55.8 Å². The molecule has 9 heteroatoms. The zero-order valence-corrected chi connectivity index (χ0v) is 25.4. The lowest BCUT2D eigenvalue weighted by atomic mass is 9.63. The first kappa shape index (κ1) is 29.3. The first-order chi connectivity index (χ1) is 20.8. The topological polar surface area (TPSA) is 125 Å². The molecule has 1 fully saturated rings. The average molecular weight is 593 g/mol. The van der Waals surface area contributed by atoms with Crippen LogP contribution < -0.4 is 16.0 Å². The number of carbonyl (C=O) groups is 5. The third-order valence-electron chi connectivity index (χ3n) is 9.35. The van der Waals surface area contributed by atoms with Crippen LogP contribution in [0.2, 0.25) is 0 Å². The number of benzene rings is 3. The van der Waals surface area contributed by atoms with Gasteiger partial charge in [0, 0.05) is 46.6 Å².